The fourth-order valence-corrected chi connectivity index (χ4v) is 3.67. The van der Waals surface area contributed by atoms with E-state index in [9.17, 15) is 10.1 Å². The molecule has 1 aromatic carbocycles. The Labute approximate surface area is 140 Å². The smallest absolute Gasteiger partial charge is 0.356 e. The lowest BCUT2D eigenvalue weighted by Gasteiger charge is -2.23. The molecule has 1 saturated carbocycles. The SMILES string of the molecule is Cc1c(Cn2cnc(C(=O)O)c2)ccc(N2CC3CC3C2)c1C#N. The number of carboxylic acids is 1. The van der Waals surface area contributed by atoms with Crippen molar-refractivity contribution in [3.05, 3.63) is 47.0 Å². The molecule has 2 unspecified atom stereocenters. The number of hydrogen-bond donors (Lipinski definition) is 1. The highest BCUT2D eigenvalue weighted by molar-refractivity contribution is 5.84. The summed E-state index contributed by atoms with van der Waals surface area (Å²) in [6.45, 7) is 4.58. The highest BCUT2D eigenvalue weighted by Gasteiger charge is 2.45. The number of carboxylic acid groups (broad SMARTS) is 1. The molecule has 2 fully saturated rings. The van der Waals surface area contributed by atoms with Crippen LogP contribution in [0.4, 0.5) is 5.69 Å². The summed E-state index contributed by atoms with van der Waals surface area (Å²) in [5.41, 5.74) is 3.76. The zero-order chi connectivity index (χ0) is 16.8. The minimum atomic E-state index is -1.04. The molecule has 0 radical (unpaired) electrons. The fourth-order valence-electron chi connectivity index (χ4n) is 3.67. The first-order valence-corrected chi connectivity index (χ1v) is 8.09. The average molecular weight is 322 g/mol. The number of nitrogens with zero attached hydrogens (tertiary/aromatic N) is 4. The van der Waals surface area contributed by atoms with Gasteiger partial charge in [-0.3, -0.25) is 0 Å². The van der Waals surface area contributed by atoms with Gasteiger partial charge >= 0.3 is 5.97 Å². The molecule has 4 rings (SSSR count). The number of fused-ring (bicyclic) bond motifs is 1. The molecule has 0 amide bonds. The van der Waals surface area contributed by atoms with Gasteiger partial charge in [0.2, 0.25) is 0 Å². The minimum absolute atomic E-state index is 0.0288. The van der Waals surface area contributed by atoms with Crippen LogP contribution in [-0.2, 0) is 6.54 Å². The Morgan fingerprint density at radius 3 is 2.79 bits per heavy atom. The third-order valence-corrected chi connectivity index (χ3v) is 5.19. The summed E-state index contributed by atoms with van der Waals surface area (Å²) in [6.07, 6.45) is 4.36. The molecule has 2 aliphatic rings. The topological polar surface area (TPSA) is 82.2 Å². The first-order valence-electron chi connectivity index (χ1n) is 8.09. The van der Waals surface area contributed by atoms with Gasteiger partial charge in [0.25, 0.3) is 0 Å². The van der Waals surface area contributed by atoms with E-state index in [0.29, 0.717) is 6.54 Å². The Balaban J connectivity index is 1.62. The lowest BCUT2D eigenvalue weighted by molar-refractivity contribution is 0.0691. The molecule has 122 valence electrons. The molecule has 0 bridgehead atoms. The molecular formula is C18H18N4O2. The van der Waals surface area contributed by atoms with E-state index in [4.69, 9.17) is 5.11 Å². The van der Waals surface area contributed by atoms with Crippen LogP contribution in [-0.4, -0.2) is 33.7 Å². The Morgan fingerprint density at radius 1 is 1.42 bits per heavy atom. The predicted octanol–water partition coefficient (Wildman–Crippen LogP) is 2.27. The maximum atomic E-state index is 10.9. The third kappa shape index (κ3) is 2.42. The Hall–Kier alpha value is -2.81. The Morgan fingerprint density at radius 2 is 2.17 bits per heavy atom. The second-order valence-electron chi connectivity index (χ2n) is 6.75. The van der Waals surface area contributed by atoms with Gasteiger partial charge in [-0.15, -0.1) is 0 Å². The van der Waals surface area contributed by atoms with Gasteiger partial charge in [0.15, 0.2) is 5.69 Å². The molecule has 6 nitrogen and oxygen atoms in total. The van der Waals surface area contributed by atoms with Crippen LogP contribution in [0.5, 0.6) is 0 Å². The zero-order valence-electron chi connectivity index (χ0n) is 13.4. The second kappa shape index (κ2) is 5.38. The van der Waals surface area contributed by atoms with Crippen molar-refractivity contribution < 1.29 is 9.90 Å². The fraction of sp³-hybridized carbons (Fsp3) is 0.389. The molecule has 6 heteroatoms. The van der Waals surface area contributed by atoms with E-state index in [1.54, 1.807) is 4.57 Å². The number of carbonyl (C=O) groups is 1. The molecule has 2 aromatic rings. The van der Waals surface area contributed by atoms with Crippen molar-refractivity contribution in [2.75, 3.05) is 18.0 Å². The van der Waals surface area contributed by atoms with Gasteiger partial charge in [-0.1, -0.05) is 6.07 Å². The highest BCUT2D eigenvalue weighted by Crippen LogP contribution is 2.47. The van der Waals surface area contributed by atoms with Gasteiger partial charge < -0.3 is 14.6 Å². The lowest BCUT2D eigenvalue weighted by Crippen LogP contribution is -2.23. The maximum absolute atomic E-state index is 10.9. The summed E-state index contributed by atoms with van der Waals surface area (Å²) in [4.78, 5) is 17.1. The molecule has 0 spiro atoms. The first-order chi connectivity index (χ1) is 11.6. The number of imidazole rings is 1. The number of hydrogen-bond acceptors (Lipinski definition) is 4. The van der Waals surface area contributed by atoms with Crippen molar-refractivity contribution in [3.8, 4) is 6.07 Å². The lowest BCUT2D eigenvalue weighted by atomic mass is 10.00. The van der Waals surface area contributed by atoms with Gasteiger partial charge in [0.05, 0.1) is 17.6 Å². The quantitative estimate of drug-likeness (QED) is 0.933. The summed E-state index contributed by atoms with van der Waals surface area (Å²) in [6, 6.07) is 6.43. The minimum Gasteiger partial charge on any atom is -0.476 e. The van der Waals surface area contributed by atoms with Crippen molar-refractivity contribution in [3.63, 3.8) is 0 Å². The first kappa shape index (κ1) is 14.8. The summed E-state index contributed by atoms with van der Waals surface area (Å²) < 4.78 is 1.73. The second-order valence-corrected chi connectivity index (χ2v) is 6.75. The van der Waals surface area contributed by atoms with E-state index in [0.717, 1.165) is 47.3 Å². The maximum Gasteiger partial charge on any atom is 0.356 e. The average Bonchev–Trinajstić information content (AvgIpc) is 2.98. The van der Waals surface area contributed by atoms with Gasteiger partial charge in [-0.05, 0) is 42.4 Å². The van der Waals surface area contributed by atoms with Gasteiger partial charge in [0, 0.05) is 25.8 Å². The van der Waals surface area contributed by atoms with E-state index in [-0.39, 0.29) is 5.69 Å². The standard InChI is InChI=1S/C18H18N4O2/c1-11-12(6-21-9-16(18(23)24)20-10-21)2-3-17(15(11)5-19)22-7-13-4-14(13)8-22/h2-3,9-10,13-14H,4,6-8H2,1H3,(H,23,24). The normalized spacial score (nSPS) is 21.4. The van der Waals surface area contributed by atoms with E-state index in [1.807, 2.05) is 19.1 Å². The molecule has 1 saturated heterocycles. The molecule has 1 aromatic heterocycles. The van der Waals surface area contributed by atoms with Crippen molar-refractivity contribution in [2.45, 2.75) is 19.9 Å². The van der Waals surface area contributed by atoms with E-state index < -0.39 is 5.97 Å². The van der Waals surface area contributed by atoms with E-state index >= 15 is 0 Å². The largest absolute Gasteiger partial charge is 0.476 e. The number of nitriles is 1. The molecule has 24 heavy (non-hydrogen) atoms. The van der Waals surface area contributed by atoms with Gasteiger partial charge in [0.1, 0.15) is 6.07 Å². The summed E-state index contributed by atoms with van der Waals surface area (Å²) in [5, 5.41) is 18.6. The van der Waals surface area contributed by atoms with E-state index in [2.05, 4.69) is 16.0 Å². The van der Waals surface area contributed by atoms with E-state index in [1.165, 1.54) is 18.9 Å². The van der Waals surface area contributed by atoms with Crippen LogP contribution in [0.3, 0.4) is 0 Å². The monoisotopic (exact) mass is 322 g/mol. The van der Waals surface area contributed by atoms with Crippen LogP contribution < -0.4 is 4.90 Å². The molecular weight excluding hydrogens is 304 g/mol. The number of aromatic carboxylic acids is 1. The van der Waals surface area contributed by atoms with Crippen molar-refractivity contribution in [1.29, 1.82) is 5.26 Å². The number of piperidine rings is 1. The summed E-state index contributed by atoms with van der Waals surface area (Å²) in [7, 11) is 0. The van der Waals surface area contributed by atoms with Crippen LogP contribution >= 0.6 is 0 Å². The zero-order valence-corrected chi connectivity index (χ0v) is 13.4. The number of aromatic nitrogens is 2. The Kier molecular flexibility index (Phi) is 3.31. The van der Waals surface area contributed by atoms with Crippen LogP contribution in [0.15, 0.2) is 24.7 Å². The summed E-state index contributed by atoms with van der Waals surface area (Å²) >= 11 is 0. The summed E-state index contributed by atoms with van der Waals surface area (Å²) in [5.74, 6) is 0.597. The molecule has 1 aliphatic carbocycles. The third-order valence-electron chi connectivity index (χ3n) is 5.19. The van der Waals surface area contributed by atoms with Crippen molar-refractivity contribution >= 4 is 11.7 Å². The van der Waals surface area contributed by atoms with Crippen LogP contribution in [0.25, 0.3) is 0 Å². The molecule has 2 heterocycles. The molecule has 2 atom stereocenters. The molecule has 1 N–H and O–H groups in total. The van der Waals surface area contributed by atoms with Crippen LogP contribution in [0.2, 0.25) is 0 Å². The van der Waals surface area contributed by atoms with Gasteiger partial charge in [-0.25, -0.2) is 9.78 Å². The number of anilines is 1. The Bertz CT molecular complexity index is 854. The number of rotatable bonds is 4. The van der Waals surface area contributed by atoms with Crippen molar-refractivity contribution in [2.24, 2.45) is 11.8 Å². The predicted molar refractivity (Wildman–Crippen MR) is 88.0 cm³/mol. The van der Waals surface area contributed by atoms with Gasteiger partial charge in [-0.2, -0.15) is 5.26 Å². The van der Waals surface area contributed by atoms with Crippen LogP contribution in [0.1, 0.15) is 33.6 Å². The molecule has 1 aliphatic heterocycles. The number of benzene rings is 1. The highest BCUT2D eigenvalue weighted by atomic mass is 16.4. The van der Waals surface area contributed by atoms with Crippen molar-refractivity contribution in [1.82, 2.24) is 9.55 Å². The van der Waals surface area contributed by atoms with Crippen LogP contribution in [0, 0.1) is 30.1 Å².